The summed E-state index contributed by atoms with van der Waals surface area (Å²) in [6.45, 7) is 3.04. The highest BCUT2D eigenvalue weighted by molar-refractivity contribution is 5.94. The van der Waals surface area contributed by atoms with Gasteiger partial charge in [0.2, 0.25) is 5.95 Å². The fraction of sp³-hybridized carbons (Fsp3) is 0.370. The van der Waals surface area contributed by atoms with E-state index in [0.29, 0.717) is 56.6 Å². The molecule has 2 aliphatic rings. The zero-order valence-corrected chi connectivity index (χ0v) is 21.2. The third-order valence-electron chi connectivity index (χ3n) is 6.93. The number of carbonyl (C=O) groups is 1. The Hall–Kier alpha value is -3.89. The van der Waals surface area contributed by atoms with Crippen LogP contribution < -0.4 is 14.7 Å². The van der Waals surface area contributed by atoms with E-state index in [4.69, 9.17) is 9.97 Å². The molecule has 0 unspecified atom stereocenters. The zero-order chi connectivity index (χ0) is 27.0. The van der Waals surface area contributed by atoms with Crippen molar-refractivity contribution >= 4 is 23.4 Å². The van der Waals surface area contributed by atoms with Crippen LogP contribution in [0.15, 0.2) is 48.5 Å². The number of para-hydroxylation sites is 1. The molecule has 1 saturated heterocycles. The van der Waals surface area contributed by atoms with Crippen molar-refractivity contribution in [3.63, 3.8) is 0 Å². The summed E-state index contributed by atoms with van der Waals surface area (Å²) in [5, 5.41) is 0. The number of anilines is 3. The SMILES string of the molecule is CN(C)c1nc(N2CCN(c3ccccc3F)CC2)nc2c1CN(C(=O)c1cccc(C(F)(F)F)c1)CC2. The van der Waals surface area contributed by atoms with E-state index >= 15 is 0 Å². The molecule has 2 aromatic carbocycles. The Morgan fingerprint density at radius 1 is 0.921 bits per heavy atom. The van der Waals surface area contributed by atoms with Gasteiger partial charge in [-0.05, 0) is 30.3 Å². The maximum absolute atomic E-state index is 14.2. The number of piperazine rings is 1. The van der Waals surface area contributed by atoms with Gasteiger partial charge in [0.25, 0.3) is 5.91 Å². The Morgan fingerprint density at radius 3 is 2.32 bits per heavy atom. The standard InChI is InChI=1S/C27H28F4N6O/c1-34(2)24-20-17-37(25(38)18-6-5-7-19(16-18)27(29,30)31)11-10-22(20)32-26(33-24)36-14-12-35(13-15-36)23-9-4-3-8-21(23)28/h3-9,16H,10-15,17H2,1-2H3. The van der Waals surface area contributed by atoms with Gasteiger partial charge in [-0.1, -0.05) is 18.2 Å². The second-order valence-corrected chi connectivity index (χ2v) is 9.65. The second kappa shape index (κ2) is 10.1. The molecule has 1 aromatic heterocycles. The molecule has 0 spiro atoms. The van der Waals surface area contributed by atoms with Crippen molar-refractivity contribution in [2.75, 3.05) is 61.5 Å². The van der Waals surface area contributed by atoms with E-state index in [-0.39, 0.29) is 17.9 Å². The van der Waals surface area contributed by atoms with Gasteiger partial charge in [0, 0.05) is 64.4 Å². The lowest BCUT2D eigenvalue weighted by atomic mass is 10.0. The first-order valence-electron chi connectivity index (χ1n) is 12.4. The van der Waals surface area contributed by atoms with E-state index in [9.17, 15) is 22.4 Å². The number of hydrogen-bond donors (Lipinski definition) is 0. The van der Waals surface area contributed by atoms with Crippen LogP contribution >= 0.6 is 0 Å². The number of fused-ring (bicyclic) bond motifs is 1. The van der Waals surface area contributed by atoms with Crippen molar-refractivity contribution in [2.45, 2.75) is 19.1 Å². The molecule has 3 heterocycles. The summed E-state index contributed by atoms with van der Waals surface area (Å²) in [6, 6.07) is 11.2. The first-order chi connectivity index (χ1) is 18.1. The van der Waals surface area contributed by atoms with E-state index < -0.39 is 17.6 Å². The third-order valence-corrected chi connectivity index (χ3v) is 6.93. The lowest BCUT2D eigenvalue weighted by Crippen LogP contribution is -2.47. The average Bonchev–Trinajstić information content (AvgIpc) is 2.91. The molecule has 0 N–H and O–H groups in total. The van der Waals surface area contributed by atoms with Gasteiger partial charge in [0.05, 0.1) is 23.5 Å². The van der Waals surface area contributed by atoms with E-state index in [1.165, 1.54) is 18.2 Å². The minimum atomic E-state index is -4.52. The maximum atomic E-state index is 14.2. The molecule has 2 aliphatic heterocycles. The molecule has 0 saturated carbocycles. The van der Waals surface area contributed by atoms with Crippen LogP contribution in [0.2, 0.25) is 0 Å². The average molecular weight is 529 g/mol. The molecule has 1 amide bonds. The first kappa shape index (κ1) is 25.7. The predicted octanol–water partition coefficient (Wildman–Crippen LogP) is 4.23. The van der Waals surface area contributed by atoms with Crippen LogP contribution in [-0.2, 0) is 19.1 Å². The van der Waals surface area contributed by atoms with Crippen molar-refractivity contribution in [1.82, 2.24) is 14.9 Å². The van der Waals surface area contributed by atoms with E-state index in [0.717, 1.165) is 23.4 Å². The molecular formula is C27H28F4N6O. The molecule has 5 rings (SSSR count). The largest absolute Gasteiger partial charge is 0.416 e. The predicted molar refractivity (Wildman–Crippen MR) is 137 cm³/mol. The Kier molecular flexibility index (Phi) is 6.85. The van der Waals surface area contributed by atoms with Crippen LogP contribution in [0.25, 0.3) is 0 Å². The Balaban J connectivity index is 1.34. The Bertz CT molecular complexity index is 1340. The van der Waals surface area contributed by atoms with Crippen LogP contribution in [0.4, 0.5) is 35.0 Å². The fourth-order valence-electron chi connectivity index (χ4n) is 4.94. The number of hydrogen-bond acceptors (Lipinski definition) is 6. The Labute approximate surface area is 218 Å². The molecule has 0 bridgehead atoms. The fourth-order valence-corrected chi connectivity index (χ4v) is 4.94. The normalized spacial score (nSPS) is 15.9. The van der Waals surface area contributed by atoms with Gasteiger partial charge < -0.3 is 19.6 Å². The summed E-state index contributed by atoms with van der Waals surface area (Å²) in [5.74, 6) is 0.547. The molecule has 0 atom stereocenters. The van der Waals surface area contributed by atoms with Gasteiger partial charge in [0.1, 0.15) is 11.6 Å². The third kappa shape index (κ3) is 5.09. The van der Waals surface area contributed by atoms with Crippen LogP contribution in [0.5, 0.6) is 0 Å². The molecule has 0 radical (unpaired) electrons. The number of alkyl halides is 3. The zero-order valence-electron chi connectivity index (χ0n) is 21.2. The summed E-state index contributed by atoms with van der Waals surface area (Å²) < 4.78 is 53.7. The number of amides is 1. The highest BCUT2D eigenvalue weighted by atomic mass is 19.4. The second-order valence-electron chi connectivity index (χ2n) is 9.65. The lowest BCUT2D eigenvalue weighted by Gasteiger charge is -2.37. The summed E-state index contributed by atoms with van der Waals surface area (Å²) in [6.07, 6.45) is -4.06. The lowest BCUT2D eigenvalue weighted by molar-refractivity contribution is -0.137. The molecule has 38 heavy (non-hydrogen) atoms. The van der Waals surface area contributed by atoms with Crippen molar-refractivity contribution < 1.29 is 22.4 Å². The van der Waals surface area contributed by atoms with Gasteiger partial charge in [-0.3, -0.25) is 4.79 Å². The molecule has 1 fully saturated rings. The summed E-state index contributed by atoms with van der Waals surface area (Å²) in [4.78, 5) is 30.2. The number of aromatic nitrogens is 2. The van der Waals surface area contributed by atoms with Crippen molar-refractivity contribution in [1.29, 1.82) is 0 Å². The van der Waals surface area contributed by atoms with Gasteiger partial charge in [0.15, 0.2) is 0 Å². The maximum Gasteiger partial charge on any atom is 0.416 e. The van der Waals surface area contributed by atoms with Gasteiger partial charge >= 0.3 is 6.18 Å². The smallest absolute Gasteiger partial charge is 0.366 e. The highest BCUT2D eigenvalue weighted by Crippen LogP contribution is 2.32. The number of benzene rings is 2. The summed E-state index contributed by atoms with van der Waals surface area (Å²) in [7, 11) is 3.71. The molecule has 200 valence electrons. The Morgan fingerprint density at radius 2 is 1.63 bits per heavy atom. The summed E-state index contributed by atoms with van der Waals surface area (Å²) in [5.41, 5.74) is 1.34. The van der Waals surface area contributed by atoms with Crippen molar-refractivity contribution in [2.24, 2.45) is 0 Å². The summed E-state index contributed by atoms with van der Waals surface area (Å²) >= 11 is 0. The van der Waals surface area contributed by atoms with Gasteiger partial charge in [-0.25, -0.2) is 9.37 Å². The van der Waals surface area contributed by atoms with E-state index in [1.54, 1.807) is 17.0 Å². The first-order valence-corrected chi connectivity index (χ1v) is 12.4. The molecule has 11 heteroatoms. The monoisotopic (exact) mass is 528 g/mol. The van der Waals surface area contributed by atoms with Crippen LogP contribution in [-0.4, -0.2) is 67.6 Å². The van der Waals surface area contributed by atoms with E-state index in [2.05, 4.69) is 4.90 Å². The molecular weight excluding hydrogens is 500 g/mol. The van der Waals surface area contributed by atoms with Gasteiger partial charge in [-0.15, -0.1) is 0 Å². The minimum absolute atomic E-state index is 0.0000553. The van der Waals surface area contributed by atoms with Crippen LogP contribution in [0.1, 0.15) is 27.2 Å². The topological polar surface area (TPSA) is 55.8 Å². The van der Waals surface area contributed by atoms with Crippen molar-refractivity contribution in [3.05, 3.63) is 76.7 Å². The number of nitrogens with zero attached hydrogens (tertiary/aromatic N) is 6. The van der Waals surface area contributed by atoms with Gasteiger partial charge in [-0.2, -0.15) is 18.2 Å². The number of rotatable bonds is 4. The van der Waals surface area contributed by atoms with E-state index in [1.807, 2.05) is 30.0 Å². The number of carbonyl (C=O) groups excluding carboxylic acids is 1. The molecule has 3 aromatic rings. The molecule has 0 aliphatic carbocycles. The quantitative estimate of drug-likeness (QED) is 0.473. The minimum Gasteiger partial charge on any atom is -0.366 e. The molecule has 7 nitrogen and oxygen atoms in total. The van der Waals surface area contributed by atoms with Crippen LogP contribution in [0.3, 0.4) is 0 Å². The number of halogens is 4. The van der Waals surface area contributed by atoms with Crippen molar-refractivity contribution in [3.8, 4) is 0 Å². The van der Waals surface area contributed by atoms with Crippen LogP contribution in [0, 0.1) is 5.82 Å². The highest BCUT2D eigenvalue weighted by Gasteiger charge is 2.33.